The minimum absolute atomic E-state index is 0.0462. The quantitative estimate of drug-likeness (QED) is 0.0782. The minimum Gasteiger partial charge on any atom is -0.508 e. The maximum absolute atomic E-state index is 13.5. The predicted molar refractivity (Wildman–Crippen MR) is 154 cm³/mol. The van der Waals surface area contributed by atoms with Crippen LogP contribution in [-0.4, -0.2) is 48.7 Å². The van der Waals surface area contributed by atoms with E-state index in [-0.39, 0.29) is 55.5 Å². The second-order valence-corrected chi connectivity index (χ2v) is 9.94. The summed E-state index contributed by atoms with van der Waals surface area (Å²) in [6.45, 7) is 3.45. The van der Waals surface area contributed by atoms with Crippen molar-refractivity contribution in [2.24, 2.45) is 0 Å². The average molecular weight is 583 g/mol. The first-order valence-corrected chi connectivity index (χ1v) is 12.7. The molecule has 216 valence electrons. The second kappa shape index (κ2) is 10.1. The van der Waals surface area contributed by atoms with Crippen molar-refractivity contribution in [3.05, 3.63) is 86.6 Å². The number of phenolic OH excluding ortho intramolecular Hbond substituents is 5. The Labute approximate surface area is 241 Å². The molecule has 0 amide bonds. The third-order valence-corrected chi connectivity index (χ3v) is 7.04. The van der Waals surface area contributed by atoms with Gasteiger partial charge < -0.3 is 29.9 Å². The van der Waals surface area contributed by atoms with Crippen LogP contribution in [0.15, 0.2) is 57.7 Å². The molecule has 11 heteroatoms. The summed E-state index contributed by atoms with van der Waals surface area (Å²) < 4.78 is 5.93. The fourth-order valence-electron chi connectivity index (χ4n) is 5.00. The molecule has 0 unspecified atom stereocenters. The van der Waals surface area contributed by atoms with Crippen LogP contribution in [0.3, 0.4) is 0 Å². The van der Waals surface area contributed by atoms with Crippen LogP contribution < -0.4 is 5.43 Å². The molecule has 5 rings (SSSR count). The van der Waals surface area contributed by atoms with E-state index in [1.165, 1.54) is 31.2 Å². The normalized spacial score (nSPS) is 11.1. The van der Waals surface area contributed by atoms with Crippen LogP contribution in [0.5, 0.6) is 28.7 Å². The Morgan fingerprint density at radius 2 is 1.26 bits per heavy atom. The molecule has 0 fully saturated rings. The van der Waals surface area contributed by atoms with Crippen molar-refractivity contribution in [3.63, 3.8) is 0 Å². The third-order valence-electron chi connectivity index (χ3n) is 7.04. The number of Topliss-reactive ketones (excluding diaryl/α,β-unsaturated/α-hetero) is 3. The third kappa shape index (κ3) is 4.62. The Balaban J connectivity index is 1.93. The highest BCUT2D eigenvalue weighted by molar-refractivity contribution is 6.19. The number of phenols is 5. The molecule has 0 saturated carbocycles. The molecule has 11 nitrogen and oxygen atoms in total. The fourth-order valence-corrected chi connectivity index (χ4v) is 5.00. The molecule has 0 saturated heterocycles. The summed E-state index contributed by atoms with van der Waals surface area (Å²) in [4.78, 5) is 65.7. The van der Waals surface area contributed by atoms with Crippen molar-refractivity contribution in [2.75, 3.05) is 0 Å². The molecule has 4 aromatic carbocycles. The molecule has 5 N–H and O–H groups in total. The lowest BCUT2D eigenvalue weighted by Gasteiger charge is -2.18. The van der Waals surface area contributed by atoms with Crippen molar-refractivity contribution < 1.29 is 49.1 Å². The molecule has 0 aliphatic rings. The molecule has 1 aromatic heterocycles. The number of carbonyl (C=O) groups excluding carboxylic acids is 4. The van der Waals surface area contributed by atoms with Gasteiger partial charge in [-0.05, 0) is 62.7 Å². The van der Waals surface area contributed by atoms with E-state index in [4.69, 9.17) is 4.42 Å². The van der Waals surface area contributed by atoms with Gasteiger partial charge in [-0.25, -0.2) is 0 Å². The van der Waals surface area contributed by atoms with Crippen molar-refractivity contribution in [1.29, 1.82) is 0 Å². The molecule has 0 atom stereocenters. The lowest BCUT2D eigenvalue weighted by atomic mass is 9.85. The van der Waals surface area contributed by atoms with Gasteiger partial charge in [-0.2, -0.15) is 0 Å². The molecular weight excluding hydrogens is 560 g/mol. The molecule has 0 aliphatic heterocycles. The smallest absolute Gasteiger partial charge is 0.200 e. The van der Waals surface area contributed by atoms with Gasteiger partial charge in [0, 0.05) is 23.3 Å². The van der Waals surface area contributed by atoms with Crippen molar-refractivity contribution in [1.82, 2.24) is 0 Å². The van der Waals surface area contributed by atoms with Gasteiger partial charge >= 0.3 is 0 Å². The van der Waals surface area contributed by atoms with Crippen LogP contribution in [0.2, 0.25) is 0 Å². The Hall–Kier alpha value is -5.97. The van der Waals surface area contributed by atoms with E-state index in [1.807, 2.05) is 0 Å². The largest absolute Gasteiger partial charge is 0.508 e. The standard InChI is InChI=1S/C32H22O11/c1-12(33)18-9-22-29(40)17-5-4-16(36)8-26(17)43-32(22)27(14(3)35)28(18)15-6-19(13(2)34)30(41)21(7-15)31(42)20-10-24(38)25(39)11-23(20)37/h4-11,36-39,41H,1-3H3. The highest BCUT2D eigenvalue weighted by Crippen LogP contribution is 2.41. The number of rotatable bonds is 6. The Morgan fingerprint density at radius 3 is 1.88 bits per heavy atom. The van der Waals surface area contributed by atoms with Gasteiger partial charge in [-0.3, -0.25) is 24.0 Å². The maximum Gasteiger partial charge on any atom is 0.200 e. The monoisotopic (exact) mass is 582 g/mol. The number of ketones is 4. The summed E-state index contributed by atoms with van der Waals surface area (Å²) in [6, 6.07) is 8.74. The van der Waals surface area contributed by atoms with Crippen molar-refractivity contribution in [2.45, 2.75) is 20.8 Å². The van der Waals surface area contributed by atoms with Crippen LogP contribution >= 0.6 is 0 Å². The van der Waals surface area contributed by atoms with E-state index in [0.29, 0.717) is 6.07 Å². The summed E-state index contributed by atoms with van der Waals surface area (Å²) in [5.41, 5.74) is -2.85. The van der Waals surface area contributed by atoms with E-state index >= 15 is 0 Å². The molecule has 0 bridgehead atoms. The van der Waals surface area contributed by atoms with Crippen LogP contribution in [0.25, 0.3) is 33.1 Å². The van der Waals surface area contributed by atoms with Crippen LogP contribution in [-0.2, 0) is 0 Å². The van der Waals surface area contributed by atoms with E-state index in [2.05, 4.69) is 0 Å². The zero-order chi connectivity index (χ0) is 31.5. The highest BCUT2D eigenvalue weighted by Gasteiger charge is 2.29. The first kappa shape index (κ1) is 28.6. The summed E-state index contributed by atoms with van der Waals surface area (Å²) in [7, 11) is 0. The Bertz CT molecular complexity index is 2150. The summed E-state index contributed by atoms with van der Waals surface area (Å²) in [5.74, 6) is -6.21. The molecule has 0 radical (unpaired) electrons. The summed E-state index contributed by atoms with van der Waals surface area (Å²) in [5, 5.41) is 50.7. The lowest BCUT2D eigenvalue weighted by Crippen LogP contribution is -2.12. The van der Waals surface area contributed by atoms with Gasteiger partial charge in [0.15, 0.2) is 28.8 Å². The van der Waals surface area contributed by atoms with Crippen LogP contribution in [0.4, 0.5) is 0 Å². The number of benzene rings is 4. The van der Waals surface area contributed by atoms with Gasteiger partial charge in [0.1, 0.15) is 28.4 Å². The molecule has 43 heavy (non-hydrogen) atoms. The zero-order valence-electron chi connectivity index (χ0n) is 22.8. The minimum atomic E-state index is -1.07. The summed E-state index contributed by atoms with van der Waals surface area (Å²) in [6.07, 6.45) is 0. The molecule has 1 heterocycles. The number of fused-ring (bicyclic) bond motifs is 2. The van der Waals surface area contributed by atoms with E-state index in [1.54, 1.807) is 0 Å². The van der Waals surface area contributed by atoms with Gasteiger partial charge in [0.2, 0.25) is 11.2 Å². The molecule has 0 spiro atoms. The first-order chi connectivity index (χ1) is 20.2. The maximum atomic E-state index is 13.5. The zero-order valence-corrected chi connectivity index (χ0v) is 22.8. The predicted octanol–water partition coefficient (Wildman–Crippen LogP) is 4.98. The average Bonchev–Trinajstić information content (AvgIpc) is 2.93. The Morgan fingerprint density at radius 1 is 0.628 bits per heavy atom. The second-order valence-electron chi connectivity index (χ2n) is 9.94. The molecule has 0 aliphatic carbocycles. The Kier molecular flexibility index (Phi) is 6.73. The number of hydrogen-bond donors (Lipinski definition) is 5. The fraction of sp³-hybridized carbons (Fsp3) is 0.0938. The topological polar surface area (TPSA) is 200 Å². The molecule has 5 aromatic rings. The van der Waals surface area contributed by atoms with Crippen LogP contribution in [0, 0.1) is 0 Å². The number of hydrogen-bond acceptors (Lipinski definition) is 11. The summed E-state index contributed by atoms with van der Waals surface area (Å²) >= 11 is 0. The van der Waals surface area contributed by atoms with Gasteiger partial charge in [-0.1, -0.05) is 0 Å². The first-order valence-electron chi connectivity index (χ1n) is 12.7. The molecular formula is C32H22O11. The van der Waals surface area contributed by atoms with E-state index in [9.17, 15) is 49.5 Å². The van der Waals surface area contributed by atoms with Crippen molar-refractivity contribution >= 4 is 45.1 Å². The van der Waals surface area contributed by atoms with Gasteiger partial charge in [-0.15, -0.1) is 0 Å². The van der Waals surface area contributed by atoms with Crippen LogP contribution in [0.1, 0.15) is 67.8 Å². The van der Waals surface area contributed by atoms with Gasteiger partial charge in [0.05, 0.1) is 33.0 Å². The van der Waals surface area contributed by atoms with Gasteiger partial charge in [0.25, 0.3) is 0 Å². The van der Waals surface area contributed by atoms with E-state index < -0.39 is 62.7 Å². The SMILES string of the molecule is CC(=O)c1cc(-c2c(C(C)=O)cc3c(=O)c4ccc(O)cc4oc3c2C(C)=O)cc(C(=O)c2cc(O)c(O)cc2O)c1O. The number of carbonyl (C=O) groups is 4. The lowest BCUT2D eigenvalue weighted by molar-refractivity contribution is 0.0999. The number of aromatic hydroxyl groups is 5. The highest BCUT2D eigenvalue weighted by atomic mass is 16.3. The van der Waals surface area contributed by atoms with Crippen molar-refractivity contribution in [3.8, 4) is 39.9 Å². The van der Waals surface area contributed by atoms with E-state index in [0.717, 1.165) is 32.0 Å².